The first-order valence-corrected chi connectivity index (χ1v) is 12.4. The van der Waals surface area contributed by atoms with Crippen molar-refractivity contribution in [3.63, 3.8) is 0 Å². The fourth-order valence-electron chi connectivity index (χ4n) is 5.07. The Balaban J connectivity index is 1.30. The molecule has 0 spiro atoms. The summed E-state index contributed by atoms with van der Waals surface area (Å²) in [6, 6.07) is 9.77. The second kappa shape index (κ2) is 9.68. The van der Waals surface area contributed by atoms with Crippen LogP contribution in [-0.4, -0.2) is 56.9 Å². The van der Waals surface area contributed by atoms with Crippen LogP contribution in [0.3, 0.4) is 0 Å². The number of aromatic nitrogens is 7. The van der Waals surface area contributed by atoms with Gasteiger partial charge in [0, 0.05) is 39.6 Å². The highest BCUT2D eigenvalue weighted by Gasteiger charge is 2.29. The van der Waals surface area contributed by atoms with Crippen LogP contribution in [0, 0.1) is 0 Å². The summed E-state index contributed by atoms with van der Waals surface area (Å²) in [5.74, 6) is 0.710. The smallest absolute Gasteiger partial charge is 0.341 e. The lowest BCUT2D eigenvalue weighted by molar-refractivity contribution is -0.132. The van der Waals surface area contributed by atoms with E-state index in [1.807, 2.05) is 37.3 Å². The van der Waals surface area contributed by atoms with Gasteiger partial charge < -0.3 is 9.47 Å². The van der Waals surface area contributed by atoms with E-state index in [2.05, 4.69) is 10.1 Å². The molecule has 1 saturated heterocycles. The number of aryl methyl sites for hydroxylation is 1. The van der Waals surface area contributed by atoms with Crippen molar-refractivity contribution in [3.05, 3.63) is 79.4 Å². The molecule has 5 rings (SSSR count). The van der Waals surface area contributed by atoms with Gasteiger partial charge in [0.25, 0.3) is 5.56 Å². The Morgan fingerprint density at radius 3 is 2.38 bits per heavy atom. The van der Waals surface area contributed by atoms with E-state index in [1.54, 1.807) is 16.5 Å². The zero-order chi connectivity index (χ0) is 26.3. The number of amides is 1. The van der Waals surface area contributed by atoms with Crippen LogP contribution in [0.5, 0.6) is 0 Å². The van der Waals surface area contributed by atoms with Crippen LogP contribution >= 0.6 is 0 Å². The molecule has 1 fully saturated rings. The number of piperidine rings is 1. The second-order valence-electron chi connectivity index (χ2n) is 9.43. The first-order valence-electron chi connectivity index (χ1n) is 12.4. The number of hydrogen-bond donors (Lipinski definition) is 0. The van der Waals surface area contributed by atoms with Gasteiger partial charge in [-0.1, -0.05) is 30.3 Å². The first kappa shape index (κ1) is 24.5. The molecule has 12 heteroatoms. The fourth-order valence-corrected chi connectivity index (χ4v) is 5.07. The third-order valence-corrected chi connectivity index (χ3v) is 7.18. The molecule has 4 aromatic rings. The van der Waals surface area contributed by atoms with Gasteiger partial charge in [-0.2, -0.15) is 5.10 Å². The zero-order valence-corrected chi connectivity index (χ0v) is 21.2. The van der Waals surface area contributed by atoms with Crippen LogP contribution in [-0.2, 0) is 38.5 Å². The van der Waals surface area contributed by atoms with Gasteiger partial charge in [0.2, 0.25) is 5.91 Å². The molecule has 0 saturated carbocycles. The SMILES string of the molecule is CCn1c(C2CCN(C(=O)Cn3cnc4c3c(=O)n(C)c(=O)n4C)CC2)nn(Cc2ccccc2)c1=O. The number of rotatable bonds is 6. The van der Waals surface area contributed by atoms with Crippen LogP contribution in [0.2, 0.25) is 0 Å². The maximum atomic E-state index is 13.1. The lowest BCUT2D eigenvalue weighted by Crippen LogP contribution is -2.41. The summed E-state index contributed by atoms with van der Waals surface area (Å²) in [7, 11) is 2.95. The summed E-state index contributed by atoms with van der Waals surface area (Å²) < 4.78 is 7.06. The van der Waals surface area contributed by atoms with Gasteiger partial charge in [0.05, 0.1) is 12.9 Å². The topological polar surface area (TPSA) is 122 Å². The van der Waals surface area contributed by atoms with Crippen LogP contribution in [0.1, 0.15) is 37.1 Å². The summed E-state index contributed by atoms with van der Waals surface area (Å²) in [4.78, 5) is 56.9. The quantitative estimate of drug-likeness (QED) is 0.370. The maximum absolute atomic E-state index is 13.1. The summed E-state index contributed by atoms with van der Waals surface area (Å²) in [6.45, 7) is 3.90. The molecule has 1 aromatic carbocycles. The summed E-state index contributed by atoms with van der Waals surface area (Å²) in [6.07, 6.45) is 2.80. The van der Waals surface area contributed by atoms with Crippen LogP contribution in [0.25, 0.3) is 11.2 Å². The number of benzene rings is 1. The van der Waals surface area contributed by atoms with Gasteiger partial charge in [-0.05, 0) is 25.3 Å². The first-order chi connectivity index (χ1) is 17.8. The highest BCUT2D eigenvalue weighted by molar-refractivity contribution is 5.79. The Hall–Kier alpha value is -4.22. The van der Waals surface area contributed by atoms with E-state index < -0.39 is 11.2 Å². The molecule has 0 radical (unpaired) electrons. The third kappa shape index (κ3) is 4.32. The van der Waals surface area contributed by atoms with Crippen molar-refractivity contribution in [2.45, 2.75) is 45.3 Å². The van der Waals surface area contributed by atoms with E-state index >= 15 is 0 Å². The molecule has 194 valence electrons. The molecule has 1 amide bonds. The summed E-state index contributed by atoms with van der Waals surface area (Å²) in [5, 5.41) is 4.68. The second-order valence-corrected chi connectivity index (χ2v) is 9.43. The number of carbonyl (C=O) groups excluding carboxylic acids is 1. The molecule has 12 nitrogen and oxygen atoms in total. The molecule has 0 unspecified atom stereocenters. The van der Waals surface area contributed by atoms with Crippen molar-refractivity contribution in [1.82, 2.24) is 37.9 Å². The largest absolute Gasteiger partial charge is 0.346 e. The van der Waals surface area contributed by atoms with Crippen molar-refractivity contribution in [2.24, 2.45) is 14.1 Å². The van der Waals surface area contributed by atoms with Crippen LogP contribution in [0.15, 0.2) is 51.0 Å². The Bertz CT molecular complexity index is 1630. The number of likely N-dealkylation sites (tertiary alicyclic amines) is 1. The molecule has 0 N–H and O–H groups in total. The fraction of sp³-hybridized carbons (Fsp3) is 0.440. The predicted molar refractivity (Wildman–Crippen MR) is 136 cm³/mol. The molecular weight excluding hydrogens is 476 g/mol. The Morgan fingerprint density at radius 1 is 1.00 bits per heavy atom. The number of nitrogens with zero attached hydrogens (tertiary/aromatic N) is 8. The van der Waals surface area contributed by atoms with Gasteiger partial charge in [-0.25, -0.2) is 19.3 Å². The molecule has 0 bridgehead atoms. The lowest BCUT2D eigenvalue weighted by atomic mass is 9.96. The number of carbonyl (C=O) groups is 1. The molecule has 1 aliphatic rings. The minimum Gasteiger partial charge on any atom is -0.341 e. The molecule has 0 aliphatic carbocycles. The minimum atomic E-state index is -0.481. The van der Waals surface area contributed by atoms with E-state index in [1.165, 1.54) is 27.2 Å². The Morgan fingerprint density at radius 2 is 1.70 bits per heavy atom. The minimum absolute atomic E-state index is 0.0417. The highest BCUT2D eigenvalue weighted by atomic mass is 16.2. The molecule has 3 aromatic heterocycles. The third-order valence-electron chi connectivity index (χ3n) is 7.18. The highest BCUT2D eigenvalue weighted by Crippen LogP contribution is 2.26. The van der Waals surface area contributed by atoms with Crippen molar-refractivity contribution < 1.29 is 4.79 Å². The van der Waals surface area contributed by atoms with Gasteiger partial charge in [0.15, 0.2) is 11.2 Å². The van der Waals surface area contributed by atoms with Crippen molar-refractivity contribution in [1.29, 1.82) is 0 Å². The maximum Gasteiger partial charge on any atom is 0.346 e. The molecule has 0 atom stereocenters. The average Bonchev–Trinajstić information content (AvgIpc) is 3.47. The van der Waals surface area contributed by atoms with Gasteiger partial charge in [0.1, 0.15) is 12.4 Å². The molecule has 1 aliphatic heterocycles. The van der Waals surface area contributed by atoms with Crippen molar-refractivity contribution in [2.75, 3.05) is 13.1 Å². The Labute approximate surface area is 212 Å². The standard InChI is InChI=1S/C25H30N8O4/c1-4-32-21(27-33(25(32)37)14-17-8-6-5-7-9-17)18-10-12-30(13-11-18)19(34)15-31-16-26-22-20(31)23(35)29(3)24(36)28(22)2/h5-9,16,18H,4,10-15H2,1-3H3. The van der Waals surface area contributed by atoms with E-state index in [0.29, 0.717) is 39.0 Å². The monoisotopic (exact) mass is 506 g/mol. The van der Waals surface area contributed by atoms with Gasteiger partial charge in [-0.3, -0.25) is 23.3 Å². The van der Waals surface area contributed by atoms with Gasteiger partial charge in [-0.15, -0.1) is 0 Å². The normalized spacial score (nSPS) is 14.5. The van der Waals surface area contributed by atoms with E-state index in [-0.39, 0.29) is 35.2 Å². The predicted octanol–water partition coefficient (Wildman–Crippen LogP) is 0.266. The van der Waals surface area contributed by atoms with Crippen LogP contribution in [0.4, 0.5) is 0 Å². The Kier molecular flexibility index (Phi) is 6.40. The molecule has 37 heavy (non-hydrogen) atoms. The molecule has 4 heterocycles. The summed E-state index contributed by atoms with van der Waals surface area (Å²) >= 11 is 0. The van der Waals surface area contributed by atoms with Gasteiger partial charge >= 0.3 is 11.4 Å². The van der Waals surface area contributed by atoms with E-state index in [9.17, 15) is 19.2 Å². The van der Waals surface area contributed by atoms with E-state index in [0.717, 1.165) is 16.0 Å². The number of hydrogen-bond acceptors (Lipinski definition) is 6. The average molecular weight is 507 g/mol. The number of imidazole rings is 1. The van der Waals surface area contributed by atoms with Crippen molar-refractivity contribution in [3.8, 4) is 0 Å². The molecular formula is C25H30N8O4. The lowest BCUT2D eigenvalue weighted by Gasteiger charge is -2.31. The number of fused-ring (bicyclic) bond motifs is 1. The zero-order valence-electron chi connectivity index (χ0n) is 21.2. The summed E-state index contributed by atoms with van der Waals surface area (Å²) in [5.41, 5.74) is 0.424. The van der Waals surface area contributed by atoms with Crippen molar-refractivity contribution >= 4 is 17.1 Å². The van der Waals surface area contributed by atoms with E-state index in [4.69, 9.17) is 0 Å². The van der Waals surface area contributed by atoms with Crippen LogP contribution < -0.4 is 16.9 Å².